The number of anilines is 1. The average Bonchev–Trinajstić information content (AvgIpc) is 2.65. The number of nitrogens with one attached hydrogen (secondary N) is 1. The molecule has 1 saturated heterocycles. The van der Waals surface area contributed by atoms with Gasteiger partial charge in [0.25, 0.3) is 5.91 Å². The van der Waals surface area contributed by atoms with Gasteiger partial charge in [-0.2, -0.15) is 4.31 Å². The minimum atomic E-state index is -3.71. The molecule has 5 nitrogen and oxygen atoms in total. The Morgan fingerprint density at radius 1 is 1.11 bits per heavy atom. The van der Waals surface area contributed by atoms with E-state index < -0.39 is 27.6 Å². The summed E-state index contributed by atoms with van der Waals surface area (Å²) in [6.45, 7) is 2.32. The maximum atomic E-state index is 13.3. The third-order valence-electron chi connectivity index (χ3n) is 4.62. The highest BCUT2D eigenvalue weighted by atomic mass is 32.2. The molecule has 2 aromatic rings. The Morgan fingerprint density at radius 3 is 2.59 bits per heavy atom. The van der Waals surface area contributed by atoms with E-state index in [9.17, 15) is 22.0 Å². The standard InChI is InChI=1S/C19H20F2N2O3S/c1-13-5-2-3-10-23(13)27(25,26)16-7-4-6-14(11-16)19(24)22-15-8-9-17(20)18(21)12-15/h4,6-9,11-13H,2-3,5,10H2,1H3,(H,22,24). The first kappa shape index (κ1) is 19.4. The van der Waals surface area contributed by atoms with E-state index in [1.54, 1.807) is 0 Å². The predicted molar refractivity (Wildman–Crippen MR) is 98.0 cm³/mol. The van der Waals surface area contributed by atoms with Crippen LogP contribution >= 0.6 is 0 Å². The van der Waals surface area contributed by atoms with Gasteiger partial charge in [0.15, 0.2) is 11.6 Å². The van der Waals surface area contributed by atoms with Crippen molar-refractivity contribution in [3.63, 3.8) is 0 Å². The second-order valence-electron chi connectivity index (χ2n) is 6.57. The number of halogens is 2. The Morgan fingerprint density at radius 2 is 1.89 bits per heavy atom. The molecule has 144 valence electrons. The van der Waals surface area contributed by atoms with Crippen LogP contribution in [0.5, 0.6) is 0 Å². The molecule has 0 radical (unpaired) electrons. The topological polar surface area (TPSA) is 66.5 Å². The van der Waals surface area contributed by atoms with Crippen molar-refractivity contribution in [3.8, 4) is 0 Å². The Bertz CT molecular complexity index is 963. The summed E-state index contributed by atoms with van der Waals surface area (Å²) in [5.41, 5.74) is 0.197. The highest BCUT2D eigenvalue weighted by Gasteiger charge is 2.31. The Kier molecular flexibility index (Phi) is 5.57. The van der Waals surface area contributed by atoms with Crippen molar-refractivity contribution >= 4 is 21.6 Å². The molecule has 1 heterocycles. The summed E-state index contributed by atoms with van der Waals surface area (Å²) < 4.78 is 53.6. The third-order valence-corrected chi connectivity index (χ3v) is 6.63. The van der Waals surface area contributed by atoms with Crippen molar-refractivity contribution in [2.75, 3.05) is 11.9 Å². The van der Waals surface area contributed by atoms with E-state index in [1.807, 2.05) is 6.92 Å². The zero-order chi connectivity index (χ0) is 19.6. The predicted octanol–water partition coefficient (Wildman–Crippen LogP) is 3.78. The molecule has 3 rings (SSSR count). The summed E-state index contributed by atoms with van der Waals surface area (Å²) in [5, 5.41) is 2.44. The molecule has 8 heteroatoms. The lowest BCUT2D eigenvalue weighted by molar-refractivity contribution is 0.102. The number of benzene rings is 2. The van der Waals surface area contributed by atoms with Crippen molar-refractivity contribution < 1.29 is 22.0 Å². The van der Waals surface area contributed by atoms with Crippen molar-refractivity contribution in [2.45, 2.75) is 37.1 Å². The minimum absolute atomic E-state index is 0.0363. The lowest BCUT2D eigenvalue weighted by atomic mass is 10.1. The lowest BCUT2D eigenvalue weighted by Crippen LogP contribution is -2.41. The van der Waals surface area contributed by atoms with E-state index in [-0.39, 0.29) is 22.2 Å². The van der Waals surface area contributed by atoms with E-state index in [2.05, 4.69) is 5.32 Å². The smallest absolute Gasteiger partial charge is 0.255 e. The maximum absolute atomic E-state index is 13.3. The van der Waals surface area contributed by atoms with Gasteiger partial charge in [-0.3, -0.25) is 4.79 Å². The Balaban J connectivity index is 1.84. The highest BCUT2D eigenvalue weighted by molar-refractivity contribution is 7.89. The number of piperidine rings is 1. The monoisotopic (exact) mass is 394 g/mol. The first-order valence-electron chi connectivity index (χ1n) is 8.67. The van der Waals surface area contributed by atoms with Gasteiger partial charge in [-0.05, 0) is 50.1 Å². The first-order valence-corrected chi connectivity index (χ1v) is 10.1. The molecule has 1 aliphatic rings. The quantitative estimate of drug-likeness (QED) is 0.858. The third kappa shape index (κ3) is 4.17. The van der Waals surface area contributed by atoms with Gasteiger partial charge in [-0.15, -0.1) is 0 Å². The van der Waals surface area contributed by atoms with Gasteiger partial charge in [-0.25, -0.2) is 17.2 Å². The average molecular weight is 394 g/mol. The molecule has 1 N–H and O–H groups in total. The summed E-state index contributed by atoms with van der Waals surface area (Å²) in [7, 11) is -3.71. The van der Waals surface area contributed by atoms with Crippen LogP contribution in [0.25, 0.3) is 0 Å². The molecule has 2 aromatic carbocycles. The van der Waals surface area contributed by atoms with Crippen LogP contribution in [0.15, 0.2) is 47.4 Å². The van der Waals surface area contributed by atoms with Gasteiger partial charge in [-0.1, -0.05) is 12.5 Å². The fourth-order valence-electron chi connectivity index (χ4n) is 3.14. The molecule has 1 atom stereocenters. The summed E-state index contributed by atoms with van der Waals surface area (Å²) in [4.78, 5) is 12.4. The summed E-state index contributed by atoms with van der Waals surface area (Å²) in [5.74, 6) is -2.70. The number of nitrogens with zero attached hydrogens (tertiary/aromatic N) is 1. The molecular formula is C19H20F2N2O3S. The minimum Gasteiger partial charge on any atom is -0.322 e. The molecule has 27 heavy (non-hydrogen) atoms. The van der Waals surface area contributed by atoms with Gasteiger partial charge in [0.1, 0.15) is 0 Å². The molecule has 0 aromatic heterocycles. The number of hydrogen-bond donors (Lipinski definition) is 1. The molecule has 1 amide bonds. The van der Waals surface area contributed by atoms with E-state index in [0.29, 0.717) is 6.54 Å². The largest absolute Gasteiger partial charge is 0.322 e. The van der Waals surface area contributed by atoms with Gasteiger partial charge < -0.3 is 5.32 Å². The van der Waals surface area contributed by atoms with Gasteiger partial charge in [0.2, 0.25) is 10.0 Å². The Hall–Kier alpha value is -2.32. The maximum Gasteiger partial charge on any atom is 0.255 e. The second-order valence-corrected chi connectivity index (χ2v) is 8.46. The molecule has 0 bridgehead atoms. The molecule has 1 unspecified atom stereocenters. The molecule has 0 saturated carbocycles. The van der Waals surface area contributed by atoms with Crippen molar-refractivity contribution in [2.24, 2.45) is 0 Å². The number of carbonyl (C=O) groups excluding carboxylic acids is 1. The van der Waals surface area contributed by atoms with E-state index in [4.69, 9.17) is 0 Å². The van der Waals surface area contributed by atoms with E-state index >= 15 is 0 Å². The number of hydrogen-bond acceptors (Lipinski definition) is 3. The number of amides is 1. The zero-order valence-corrected chi connectivity index (χ0v) is 15.6. The molecular weight excluding hydrogens is 374 g/mol. The van der Waals surface area contributed by atoms with Crippen LogP contribution in [0.1, 0.15) is 36.5 Å². The van der Waals surface area contributed by atoms with Gasteiger partial charge in [0, 0.05) is 29.9 Å². The van der Waals surface area contributed by atoms with Crippen LogP contribution in [0.3, 0.4) is 0 Å². The molecule has 1 aliphatic heterocycles. The van der Waals surface area contributed by atoms with E-state index in [0.717, 1.165) is 31.4 Å². The van der Waals surface area contributed by atoms with Crippen LogP contribution in [0, 0.1) is 11.6 Å². The summed E-state index contributed by atoms with van der Waals surface area (Å²) in [6, 6.07) is 8.61. The number of carbonyl (C=O) groups is 1. The highest BCUT2D eigenvalue weighted by Crippen LogP contribution is 2.25. The fourth-order valence-corrected chi connectivity index (χ4v) is 4.89. The zero-order valence-electron chi connectivity index (χ0n) is 14.8. The van der Waals surface area contributed by atoms with Crippen molar-refractivity contribution in [1.29, 1.82) is 0 Å². The van der Waals surface area contributed by atoms with Crippen LogP contribution in [-0.4, -0.2) is 31.2 Å². The number of rotatable bonds is 4. The molecule has 0 spiro atoms. The van der Waals surface area contributed by atoms with Crippen LogP contribution in [0.2, 0.25) is 0 Å². The molecule has 0 aliphatic carbocycles. The summed E-state index contributed by atoms with van der Waals surface area (Å²) >= 11 is 0. The SMILES string of the molecule is CC1CCCCN1S(=O)(=O)c1cccc(C(=O)Nc2ccc(F)c(F)c2)c1. The lowest BCUT2D eigenvalue weighted by Gasteiger charge is -2.32. The fraction of sp³-hybridized carbons (Fsp3) is 0.316. The van der Waals surface area contributed by atoms with Gasteiger partial charge in [0.05, 0.1) is 4.90 Å². The normalized spacial score (nSPS) is 18.3. The van der Waals surface area contributed by atoms with Gasteiger partial charge >= 0.3 is 0 Å². The van der Waals surface area contributed by atoms with Crippen LogP contribution in [0.4, 0.5) is 14.5 Å². The van der Waals surface area contributed by atoms with Crippen LogP contribution in [-0.2, 0) is 10.0 Å². The van der Waals surface area contributed by atoms with E-state index in [1.165, 1.54) is 34.6 Å². The molecule has 1 fully saturated rings. The number of sulfonamides is 1. The van der Waals surface area contributed by atoms with Crippen molar-refractivity contribution in [1.82, 2.24) is 4.31 Å². The Labute approximate surface area is 157 Å². The summed E-state index contributed by atoms with van der Waals surface area (Å²) in [6.07, 6.45) is 2.60. The van der Waals surface area contributed by atoms with Crippen LogP contribution < -0.4 is 5.32 Å². The first-order chi connectivity index (χ1) is 12.8. The second kappa shape index (κ2) is 7.74. The van der Waals surface area contributed by atoms with Crippen molar-refractivity contribution in [3.05, 3.63) is 59.7 Å².